The molecule has 0 aliphatic heterocycles. The summed E-state index contributed by atoms with van der Waals surface area (Å²) in [7, 11) is 0. The van der Waals surface area contributed by atoms with Crippen molar-refractivity contribution in [1.29, 1.82) is 0 Å². The zero-order chi connectivity index (χ0) is 16.5. The first-order valence-electron chi connectivity index (χ1n) is 7.89. The molecule has 23 heavy (non-hydrogen) atoms. The van der Waals surface area contributed by atoms with Crippen molar-refractivity contribution >= 4 is 28.2 Å². The molecule has 0 fully saturated rings. The fourth-order valence-electron chi connectivity index (χ4n) is 2.09. The van der Waals surface area contributed by atoms with Crippen LogP contribution in [0.15, 0.2) is 30.3 Å². The number of unbranched alkanes of at least 4 members (excludes halogenated alkanes) is 1. The van der Waals surface area contributed by atoms with E-state index in [9.17, 15) is 9.59 Å². The second-order valence-corrected chi connectivity index (χ2v) is 6.36. The van der Waals surface area contributed by atoms with Gasteiger partial charge in [-0.3, -0.25) is 9.59 Å². The van der Waals surface area contributed by atoms with E-state index in [0.29, 0.717) is 30.0 Å². The highest BCUT2D eigenvalue weighted by Crippen LogP contribution is 2.17. The topological polar surface area (TPSA) is 72.0 Å². The molecule has 5 nitrogen and oxygen atoms in total. The van der Waals surface area contributed by atoms with Crippen molar-refractivity contribution in [3.05, 3.63) is 40.9 Å². The molecule has 1 amide bonds. The number of hydrogen-bond acceptors (Lipinski definition) is 5. The van der Waals surface area contributed by atoms with Gasteiger partial charge in [-0.2, -0.15) is 0 Å². The van der Waals surface area contributed by atoms with Crippen LogP contribution in [0.25, 0.3) is 0 Å². The number of nitrogens with one attached hydrogen (secondary N) is 1. The summed E-state index contributed by atoms with van der Waals surface area (Å²) in [6.45, 7) is 2.13. The third-order valence-electron chi connectivity index (χ3n) is 3.36. The van der Waals surface area contributed by atoms with Crippen LogP contribution in [0.4, 0.5) is 5.13 Å². The van der Waals surface area contributed by atoms with Crippen molar-refractivity contribution in [3.63, 3.8) is 0 Å². The molecule has 0 saturated heterocycles. The number of rotatable bonds is 9. The third kappa shape index (κ3) is 5.90. The number of carbonyl (C=O) groups excluding carboxylic acids is 2. The lowest BCUT2D eigenvalue weighted by Gasteiger charge is -2.02. The summed E-state index contributed by atoms with van der Waals surface area (Å²) < 4.78 is 0. The number of amides is 1. The average molecular weight is 331 g/mol. The molecule has 2 rings (SSSR count). The molecule has 0 atom stereocenters. The standard InChI is InChI=1S/C17H21N3O2S/c1-2-3-12-16-19-20-17(23-16)18-15(22)11-7-10-14(21)13-8-5-4-6-9-13/h4-6,8-9H,2-3,7,10-12H2,1H3,(H,18,20,22). The Hall–Kier alpha value is -2.08. The summed E-state index contributed by atoms with van der Waals surface area (Å²) in [5.74, 6) is -0.0554. The summed E-state index contributed by atoms with van der Waals surface area (Å²) in [6.07, 6.45) is 4.29. The predicted octanol–water partition coefficient (Wildman–Crippen LogP) is 3.87. The lowest BCUT2D eigenvalue weighted by Crippen LogP contribution is -2.11. The molecule has 0 bridgehead atoms. The van der Waals surface area contributed by atoms with Crippen molar-refractivity contribution in [2.45, 2.75) is 45.4 Å². The van der Waals surface area contributed by atoms with Gasteiger partial charge in [0.1, 0.15) is 5.01 Å². The van der Waals surface area contributed by atoms with Gasteiger partial charge in [-0.25, -0.2) is 0 Å². The van der Waals surface area contributed by atoms with Gasteiger partial charge in [-0.1, -0.05) is 55.0 Å². The first-order chi connectivity index (χ1) is 11.2. The molecule has 0 spiro atoms. The van der Waals surface area contributed by atoms with Crippen LogP contribution in [-0.2, 0) is 11.2 Å². The van der Waals surface area contributed by atoms with Crippen molar-refractivity contribution in [2.75, 3.05) is 5.32 Å². The molecule has 1 heterocycles. The maximum Gasteiger partial charge on any atom is 0.226 e. The molecule has 0 aliphatic rings. The fourth-order valence-corrected chi connectivity index (χ4v) is 2.89. The zero-order valence-electron chi connectivity index (χ0n) is 13.2. The smallest absolute Gasteiger partial charge is 0.226 e. The minimum atomic E-state index is -0.121. The van der Waals surface area contributed by atoms with Crippen LogP contribution in [0.2, 0.25) is 0 Å². The van der Waals surface area contributed by atoms with Gasteiger partial charge in [-0.05, 0) is 12.8 Å². The summed E-state index contributed by atoms with van der Waals surface area (Å²) in [5.41, 5.74) is 0.692. The van der Waals surface area contributed by atoms with E-state index in [-0.39, 0.29) is 11.7 Å². The van der Waals surface area contributed by atoms with Gasteiger partial charge in [0.25, 0.3) is 0 Å². The number of ketones is 1. The predicted molar refractivity (Wildman–Crippen MR) is 91.8 cm³/mol. The quantitative estimate of drug-likeness (QED) is 0.708. The molecular weight excluding hydrogens is 310 g/mol. The summed E-state index contributed by atoms with van der Waals surface area (Å²) in [4.78, 5) is 23.8. The number of hydrogen-bond donors (Lipinski definition) is 1. The Balaban J connectivity index is 1.71. The second kappa shape index (κ2) is 9.15. The van der Waals surface area contributed by atoms with Crippen molar-refractivity contribution in [2.24, 2.45) is 0 Å². The van der Waals surface area contributed by atoms with Gasteiger partial charge < -0.3 is 5.32 Å². The van der Waals surface area contributed by atoms with Gasteiger partial charge in [0.2, 0.25) is 11.0 Å². The zero-order valence-corrected chi connectivity index (χ0v) is 14.1. The van der Waals surface area contributed by atoms with Crippen LogP contribution in [0.5, 0.6) is 0 Å². The van der Waals surface area contributed by atoms with Gasteiger partial charge in [0.15, 0.2) is 5.78 Å². The molecule has 0 unspecified atom stereocenters. The number of Topliss-reactive ketones (excluding diaryl/α,β-unsaturated/α-hetero) is 1. The monoisotopic (exact) mass is 331 g/mol. The largest absolute Gasteiger partial charge is 0.301 e. The highest BCUT2D eigenvalue weighted by Gasteiger charge is 2.10. The number of benzene rings is 1. The Bertz CT molecular complexity index is 640. The van der Waals surface area contributed by atoms with E-state index in [0.717, 1.165) is 24.3 Å². The number of aryl methyl sites for hydroxylation is 1. The maximum absolute atomic E-state index is 11.9. The molecule has 0 radical (unpaired) electrons. The van der Waals surface area contributed by atoms with Crippen LogP contribution in [0, 0.1) is 0 Å². The highest BCUT2D eigenvalue weighted by molar-refractivity contribution is 7.15. The Labute approximate surface area is 140 Å². The Morgan fingerprint density at radius 2 is 1.87 bits per heavy atom. The third-order valence-corrected chi connectivity index (χ3v) is 4.26. The van der Waals surface area contributed by atoms with E-state index in [4.69, 9.17) is 0 Å². The van der Waals surface area contributed by atoms with Crippen molar-refractivity contribution in [3.8, 4) is 0 Å². The summed E-state index contributed by atoms with van der Waals surface area (Å²) >= 11 is 1.42. The summed E-state index contributed by atoms with van der Waals surface area (Å²) in [5, 5.41) is 12.3. The van der Waals surface area contributed by atoms with Gasteiger partial charge in [0.05, 0.1) is 0 Å². The van der Waals surface area contributed by atoms with E-state index in [2.05, 4.69) is 22.4 Å². The van der Waals surface area contributed by atoms with Crippen molar-refractivity contribution in [1.82, 2.24) is 10.2 Å². The van der Waals surface area contributed by atoms with Gasteiger partial charge in [0, 0.05) is 24.8 Å². The molecule has 6 heteroatoms. The van der Waals surface area contributed by atoms with Crippen LogP contribution in [0.1, 0.15) is 54.4 Å². The van der Waals surface area contributed by atoms with Crippen molar-refractivity contribution < 1.29 is 9.59 Å². The van der Waals surface area contributed by atoms with Gasteiger partial charge in [-0.15, -0.1) is 10.2 Å². The minimum Gasteiger partial charge on any atom is -0.301 e. The normalized spacial score (nSPS) is 10.5. The molecule has 0 aliphatic carbocycles. The summed E-state index contributed by atoms with van der Waals surface area (Å²) in [6, 6.07) is 9.14. The lowest BCUT2D eigenvalue weighted by atomic mass is 10.1. The molecular formula is C17H21N3O2S. The SMILES string of the molecule is CCCCc1nnc(NC(=O)CCCC(=O)c2ccccc2)s1. The Kier molecular flexibility index (Phi) is 6.87. The second-order valence-electron chi connectivity index (χ2n) is 5.30. The molecule has 1 aromatic carbocycles. The van der Waals surface area contributed by atoms with E-state index in [1.165, 1.54) is 11.3 Å². The van der Waals surface area contributed by atoms with E-state index < -0.39 is 0 Å². The Morgan fingerprint density at radius 3 is 2.61 bits per heavy atom. The number of nitrogens with zero attached hydrogens (tertiary/aromatic N) is 2. The van der Waals surface area contributed by atoms with E-state index in [1.54, 1.807) is 12.1 Å². The Morgan fingerprint density at radius 1 is 1.09 bits per heavy atom. The number of aromatic nitrogens is 2. The molecule has 122 valence electrons. The van der Waals surface area contributed by atoms with Crippen LogP contribution in [0.3, 0.4) is 0 Å². The number of carbonyl (C=O) groups is 2. The molecule has 2 aromatic rings. The highest BCUT2D eigenvalue weighted by atomic mass is 32.1. The molecule has 1 N–H and O–H groups in total. The van der Waals surface area contributed by atoms with E-state index >= 15 is 0 Å². The molecule has 1 aromatic heterocycles. The lowest BCUT2D eigenvalue weighted by molar-refractivity contribution is -0.116. The molecule has 0 saturated carbocycles. The van der Waals surface area contributed by atoms with E-state index in [1.807, 2.05) is 18.2 Å². The van der Waals surface area contributed by atoms with Crippen LogP contribution >= 0.6 is 11.3 Å². The fraction of sp³-hybridized carbons (Fsp3) is 0.412. The van der Waals surface area contributed by atoms with Gasteiger partial charge >= 0.3 is 0 Å². The average Bonchev–Trinajstić information content (AvgIpc) is 3.01. The first kappa shape index (κ1) is 17.3. The first-order valence-corrected chi connectivity index (χ1v) is 8.71. The maximum atomic E-state index is 11.9. The van der Waals surface area contributed by atoms with Crippen LogP contribution < -0.4 is 5.32 Å². The number of anilines is 1. The minimum absolute atomic E-state index is 0.0659. The van der Waals surface area contributed by atoms with Crippen LogP contribution in [-0.4, -0.2) is 21.9 Å².